The van der Waals surface area contributed by atoms with Crippen molar-refractivity contribution in [1.29, 1.82) is 0 Å². The Balaban J connectivity index is 2.01. The molecule has 0 aromatic heterocycles. The SMILES string of the molecule is CCC(NC1CCN(C)C1)c1cccc(Cl)c1. The first-order valence-electron chi connectivity index (χ1n) is 6.39. The highest BCUT2D eigenvalue weighted by molar-refractivity contribution is 6.30. The lowest BCUT2D eigenvalue weighted by molar-refractivity contribution is 0.379. The van der Waals surface area contributed by atoms with E-state index in [1.165, 1.54) is 18.5 Å². The van der Waals surface area contributed by atoms with Gasteiger partial charge in [0.2, 0.25) is 0 Å². The van der Waals surface area contributed by atoms with E-state index in [1.807, 2.05) is 12.1 Å². The van der Waals surface area contributed by atoms with Crippen LogP contribution in [0.5, 0.6) is 0 Å². The predicted octanol–water partition coefficient (Wildman–Crippen LogP) is 3.08. The Morgan fingerprint density at radius 1 is 1.53 bits per heavy atom. The minimum atomic E-state index is 0.421. The molecule has 2 rings (SSSR count). The fourth-order valence-electron chi connectivity index (χ4n) is 2.53. The van der Waals surface area contributed by atoms with Crippen molar-refractivity contribution in [1.82, 2.24) is 10.2 Å². The van der Waals surface area contributed by atoms with E-state index >= 15 is 0 Å². The molecule has 1 aliphatic heterocycles. The van der Waals surface area contributed by atoms with Gasteiger partial charge in [-0.1, -0.05) is 30.7 Å². The first-order valence-corrected chi connectivity index (χ1v) is 6.77. The standard InChI is InChI=1S/C14H21ClN2/c1-3-14(11-5-4-6-12(15)9-11)16-13-7-8-17(2)10-13/h4-6,9,13-14,16H,3,7-8,10H2,1-2H3. The average Bonchev–Trinajstić information content (AvgIpc) is 2.72. The van der Waals surface area contributed by atoms with E-state index in [2.05, 4.69) is 36.3 Å². The van der Waals surface area contributed by atoms with Gasteiger partial charge in [-0.3, -0.25) is 0 Å². The highest BCUT2D eigenvalue weighted by Crippen LogP contribution is 2.22. The van der Waals surface area contributed by atoms with Crippen LogP contribution in [-0.2, 0) is 0 Å². The van der Waals surface area contributed by atoms with Crippen LogP contribution < -0.4 is 5.32 Å². The van der Waals surface area contributed by atoms with E-state index in [9.17, 15) is 0 Å². The third-order valence-electron chi connectivity index (χ3n) is 3.49. The molecule has 1 heterocycles. The van der Waals surface area contributed by atoms with E-state index in [-0.39, 0.29) is 0 Å². The summed E-state index contributed by atoms with van der Waals surface area (Å²) in [6.07, 6.45) is 2.34. The van der Waals surface area contributed by atoms with Gasteiger partial charge in [-0.25, -0.2) is 0 Å². The Morgan fingerprint density at radius 3 is 2.94 bits per heavy atom. The number of likely N-dealkylation sites (tertiary alicyclic amines) is 1. The zero-order valence-electron chi connectivity index (χ0n) is 10.6. The molecule has 0 saturated carbocycles. The summed E-state index contributed by atoms with van der Waals surface area (Å²) < 4.78 is 0. The number of nitrogens with zero attached hydrogens (tertiary/aromatic N) is 1. The normalized spacial score (nSPS) is 22.9. The summed E-state index contributed by atoms with van der Waals surface area (Å²) in [6.45, 7) is 4.57. The Hall–Kier alpha value is -0.570. The maximum absolute atomic E-state index is 6.05. The lowest BCUT2D eigenvalue weighted by Crippen LogP contribution is -2.34. The fourth-order valence-corrected chi connectivity index (χ4v) is 2.73. The number of benzene rings is 1. The minimum Gasteiger partial charge on any atom is -0.306 e. The molecular formula is C14H21ClN2. The molecule has 17 heavy (non-hydrogen) atoms. The molecule has 0 radical (unpaired) electrons. The lowest BCUT2D eigenvalue weighted by Gasteiger charge is -2.22. The Kier molecular flexibility index (Phi) is 4.43. The summed E-state index contributed by atoms with van der Waals surface area (Å²) in [4.78, 5) is 2.38. The fraction of sp³-hybridized carbons (Fsp3) is 0.571. The molecule has 2 atom stereocenters. The summed E-state index contributed by atoms with van der Waals surface area (Å²) in [5, 5.41) is 4.56. The number of hydrogen-bond acceptors (Lipinski definition) is 2. The quantitative estimate of drug-likeness (QED) is 0.886. The Bertz CT molecular complexity index is 367. The first kappa shape index (κ1) is 12.9. The van der Waals surface area contributed by atoms with Crippen LogP contribution in [0.2, 0.25) is 5.02 Å². The number of rotatable bonds is 4. The molecule has 1 saturated heterocycles. The van der Waals surface area contributed by atoms with Crippen LogP contribution in [0.1, 0.15) is 31.4 Å². The average molecular weight is 253 g/mol. The number of likely N-dealkylation sites (N-methyl/N-ethyl adjacent to an activating group) is 1. The monoisotopic (exact) mass is 252 g/mol. The van der Waals surface area contributed by atoms with Crippen LogP contribution in [0.3, 0.4) is 0 Å². The zero-order valence-corrected chi connectivity index (χ0v) is 11.4. The van der Waals surface area contributed by atoms with Crippen molar-refractivity contribution in [3.05, 3.63) is 34.9 Å². The molecule has 1 aromatic carbocycles. The topological polar surface area (TPSA) is 15.3 Å². The second-order valence-electron chi connectivity index (χ2n) is 4.93. The maximum atomic E-state index is 6.05. The van der Waals surface area contributed by atoms with Crippen LogP contribution in [0.25, 0.3) is 0 Å². The highest BCUT2D eigenvalue weighted by atomic mass is 35.5. The molecule has 0 bridgehead atoms. The number of nitrogens with one attached hydrogen (secondary N) is 1. The predicted molar refractivity (Wildman–Crippen MR) is 73.5 cm³/mol. The zero-order chi connectivity index (χ0) is 12.3. The van der Waals surface area contributed by atoms with Crippen molar-refractivity contribution in [3.63, 3.8) is 0 Å². The molecule has 0 spiro atoms. The first-order chi connectivity index (χ1) is 8.19. The van der Waals surface area contributed by atoms with Gasteiger partial charge < -0.3 is 10.2 Å². The van der Waals surface area contributed by atoms with Crippen molar-refractivity contribution < 1.29 is 0 Å². The van der Waals surface area contributed by atoms with Gasteiger partial charge in [0.1, 0.15) is 0 Å². The van der Waals surface area contributed by atoms with Crippen molar-refractivity contribution in [2.45, 2.75) is 31.8 Å². The molecule has 0 aliphatic carbocycles. The molecule has 1 N–H and O–H groups in total. The molecule has 2 nitrogen and oxygen atoms in total. The summed E-state index contributed by atoms with van der Waals surface area (Å²) >= 11 is 6.05. The second kappa shape index (κ2) is 5.85. The lowest BCUT2D eigenvalue weighted by atomic mass is 10.0. The molecule has 1 aliphatic rings. The van der Waals surface area contributed by atoms with Crippen molar-refractivity contribution in [3.8, 4) is 0 Å². The molecule has 3 heteroatoms. The Labute approximate surface area is 109 Å². The van der Waals surface area contributed by atoms with E-state index in [0.717, 1.165) is 18.0 Å². The summed E-state index contributed by atoms with van der Waals surface area (Å²) in [6, 6.07) is 9.23. The molecular weight excluding hydrogens is 232 g/mol. The summed E-state index contributed by atoms with van der Waals surface area (Å²) in [5.74, 6) is 0. The maximum Gasteiger partial charge on any atom is 0.0409 e. The number of halogens is 1. The highest BCUT2D eigenvalue weighted by Gasteiger charge is 2.22. The van der Waals surface area contributed by atoms with E-state index in [4.69, 9.17) is 11.6 Å². The summed E-state index contributed by atoms with van der Waals surface area (Å²) in [5.41, 5.74) is 1.30. The van der Waals surface area contributed by atoms with Gasteiger partial charge in [-0.2, -0.15) is 0 Å². The van der Waals surface area contributed by atoms with Gasteiger partial charge in [-0.05, 0) is 44.1 Å². The number of hydrogen-bond donors (Lipinski definition) is 1. The van der Waals surface area contributed by atoms with Crippen molar-refractivity contribution in [2.24, 2.45) is 0 Å². The third-order valence-corrected chi connectivity index (χ3v) is 3.72. The van der Waals surface area contributed by atoms with Crippen LogP contribution in [-0.4, -0.2) is 31.1 Å². The smallest absolute Gasteiger partial charge is 0.0409 e. The van der Waals surface area contributed by atoms with Gasteiger partial charge in [0.05, 0.1) is 0 Å². The van der Waals surface area contributed by atoms with Crippen LogP contribution in [0, 0.1) is 0 Å². The molecule has 0 amide bonds. The largest absolute Gasteiger partial charge is 0.306 e. The Morgan fingerprint density at radius 2 is 2.35 bits per heavy atom. The molecule has 2 unspecified atom stereocenters. The van der Waals surface area contributed by atoms with E-state index in [0.29, 0.717) is 12.1 Å². The van der Waals surface area contributed by atoms with Crippen molar-refractivity contribution in [2.75, 3.05) is 20.1 Å². The van der Waals surface area contributed by atoms with Crippen molar-refractivity contribution >= 4 is 11.6 Å². The van der Waals surface area contributed by atoms with Gasteiger partial charge >= 0.3 is 0 Å². The molecule has 1 fully saturated rings. The van der Waals surface area contributed by atoms with Gasteiger partial charge in [0, 0.05) is 23.7 Å². The summed E-state index contributed by atoms with van der Waals surface area (Å²) in [7, 11) is 2.18. The molecule has 1 aromatic rings. The van der Waals surface area contributed by atoms with Crippen LogP contribution >= 0.6 is 11.6 Å². The van der Waals surface area contributed by atoms with Gasteiger partial charge in [0.15, 0.2) is 0 Å². The van der Waals surface area contributed by atoms with Gasteiger partial charge in [-0.15, -0.1) is 0 Å². The third kappa shape index (κ3) is 3.44. The van der Waals surface area contributed by atoms with E-state index in [1.54, 1.807) is 0 Å². The molecule has 94 valence electrons. The van der Waals surface area contributed by atoms with Crippen LogP contribution in [0.15, 0.2) is 24.3 Å². The van der Waals surface area contributed by atoms with Crippen LogP contribution in [0.4, 0.5) is 0 Å². The van der Waals surface area contributed by atoms with Gasteiger partial charge in [0.25, 0.3) is 0 Å². The van der Waals surface area contributed by atoms with E-state index < -0.39 is 0 Å². The minimum absolute atomic E-state index is 0.421. The second-order valence-corrected chi connectivity index (χ2v) is 5.37.